The molecule has 26 heavy (non-hydrogen) atoms. The molecule has 2 aromatic carbocycles. The number of rotatable bonds is 3. The number of anilines is 1. The van der Waals surface area contributed by atoms with Crippen molar-refractivity contribution in [3.8, 4) is 0 Å². The van der Waals surface area contributed by atoms with Gasteiger partial charge in [-0.15, -0.1) is 0 Å². The van der Waals surface area contributed by atoms with E-state index < -0.39 is 10.9 Å². The van der Waals surface area contributed by atoms with Crippen molar-refractivity contribution in [2.45, 2.75) is 12.8 Å². The van der Waals surface area contributed by atoms with E-state index in [0.29, 0.717) is 35.1 Å². The van der Waals surface area contributed by atoms with Gasteiger partial charge in [-0.2, -0.15) is 0 Å². The summed E-state index contributed by atoms with van der Waals surface area (Å²) in [6.45, 7) is 0.473. The summed E-state index contributed by atoms with van der Waals surface area (Å²) in [5.74, 6) is -0.793. The number of hydrogen-bond donors (Lipinski definition) is 0. The second-order valence-corrected chi connectivity index (χ2v) is 6.63. The van der Waals surface area contributed by atoms with Crippen molar-refractivity contribution in [3.05, 3.63) is 67.7 Å². The Morgan fingerprint density at radius 1 is 1.27 bits per heavy atom. The van der Waals surface area contributed by atoms with E-state index in [2.05, 4.69) is 15.9 Å². The molecule has 0 spiro atoms. The normalized spacial score (nSPS) is 13.1. The Labute approximate surface area is 157 Å². The number of carbonyl (C=O) groups is 2. The zero-order valence-electron chi connectivity index (χ0n) is 13.9. The van der Waals surface area contributed by atoms with Crippen molar-refractivity contribution in [1.82, 2.24) is 0 Å². The van der Waals surface area contributed by atoms with Crippen molar-refractivity contribution >= 4 is 39.2 Å². The predicted molar refractivity (Wildman–Crippen MR) is 98.6 cm³/mol. The van der Waals surface area contributed by atoms with Crippen molar-refractivity contribution < 1.29 is 19.2 Å². The molecule has 8 heteroatoms. The highest BCUT2D eigenvalue weighted by Crippen LogP contribution is 2.33. The van der Waals surface area contributed by atoms with Gasteiger partial charge in [0.2, 0.25) is 0 Å². The molecule has 0 saturated heterocycles. The summed E-state index contributed by atoms with van der Waals surface area (Å²) in [5.41, 5.74) is 1.87. The standard InChI is InChI=1S/C18H15BrN2O5/c1-26-18(23)13-4-2-6-15-12(13)5-3-9-20(15)17(22)11-7-8-14(19)16(10-11)21(24)25/h2,4,6-8,10H,3,5,9H2,1H3. The highest BCUT2D eigenvalue weighted by atomic mass is 79.9. The minimum absolute atomic E-state index is 0.170. The average Bonchev–Trinajstić information content (AvgIpc) is 2.66. The van der Waals surface area contributed by atoms with Crippen LogP contribution in [0.4, 0.5) is 11.4 Å². The van der Waals surface area contributed by atoms with E-state index in [1.54, 1.807) is 23.1 Å². The molecular weight excluding hydrogens is 404 g/mol. The van der Waals surface area contributed by atoms with Crippen LogP contribution in [0.3, 0.4) is 0 Å². The van der Waals surface area contributed by atoms with Crippen LogP contribution in [0.25, 0.3) is 0 Å². The SMILES string of the molecule is COC(=O)c1cccc2c1CCCN2C(=O)c1ccc(Br)c([N+](=O)[O-])c1. The molecule has 0 fully saturated rings. The zero-order chi connectivity index (χ0) is 18.8. The summed E-state index contributed by atoms with van der Waals surface area (Å²) < 4.78 is 5.13. The number of nitro benzene ring substituents is 1. The summed E-state index contributed by atoms with van der Waals surface area (Å²) in [6.07, 6.45) is 1.34. The second kappa shape index (κ2) is 7.25. The maximum atomic E-state index is 13.0. The van der Waals surface area contributed by atoms with Gasteiger partial charge in [-0.1, -0.05) is 6.07 Å². The third-order valence-corrected chi connectivity index (χ3v) is 4.96. The highest BCUT2D eigenvalue weighted by Gasteiger charge is 2.28. The molecule has 2 aromatic rings. The molecule has 1 amide bonds. The van der Waals surface area contributed by atoms with Gasteiger partial charge in [0.25, 0.3) is 11.6 Å². The van der Waals surface area contributed by atoms with E-state index in [-0.39, 0.29) is 17.2 Å². The fourth-order valence-corrected chi connectivity index (χ4v) is 3.47. The number of benzene rings is 2. The van der Waals surface area contributed by atoms with Crippen LogP contribution in [0.1, 0.15) is 32.7 Å². The number of esters is 1. The third kappa shape index (κ3) is 3.20. The Balaban J connectivity index is 2.03. The largest absolute Gasteiger partial charge is 0.465 e. The molecule has 0 atom stereocenters. The summed E-state index contributed by atoms with van der Waals surface area (Å²) >= 11 is 3.12. The number of hydrogen-bond acceptors (Lipinski definition) is 5. The van der Waals surface area contributed by atoms with Crippen LogP contribution in [0.2, 0.25) is 0 Å². The van der Waals surface area contributed by atoms with Crippen molar-refractivity contribution in [2.24, 2.45) is 0 Å². The molecule has 3 rings (SSSR count). The minimum Gasteiger partial charge on any atom is -0.465 e. The van der Waals surface area contributed by atoms with E-state index in [9.17, 15) is 19.7 Å². The molecular formula is C18H15BrN2O5. The van der Waals surface area contributed by atoms with Gasteiger partial charge in [-0.25, -0.2) is 4.79 Å². The molecule has 134 valence electrons. The van der Waals surface area contributed by atoms with E-state index in [4.69, 9.17) is 4.74 Å². The maximum Gasteiger partial charge on any atom is 0.338 e. The smallest absolute Gasteiger partial charge is 0.338 e. The molecule has 1 aliphatic rings. The van der Waals surface area contributed by atoms with Crippen molar-refractivity contribution in [1.29, 1.82) is 0 Å². The first kappa shape index (κ1) is 18.1. The number of methoxy groups -OCH3 is 1. The number of carbonyl (C=O) groups excluding carboxylic acids is 2. The minimum atomic E-state index is -0.541. The first-order chi connectivity index (χ1) is 12.4. The third-order valence-electron chi connectivity index (χ3n) is 4.29. The van der Waals surface area contributed by atoms with Crippen LogP contribution in [-0.2, 0) is 11.2 Å². The quantitative estimate of drug-likeness (QED) is 0.430. The van der Waals surface area contributed by atoms with E-state index in [0.717, 1.165) is 5.56 Å². The summed E-state index contributed by atoms with van der Waals surface area (Å²) in [5, 5.41) is 11.1. The number of amides is 1. The Hall–Kier alpha value is -2.74. The lowest BCUT2D eigenvalue weighted by molar-refractivity contribution is -0.385. The number of nitrogens with zero attached hydrogens (tertiary/aromatic N) is 2. The van der Waals surface area contributed by atoms with Gasteiger partial charge >= 0.3 is 5.97 Å². The lowest BCUT2D eigenvalue weighted by Gasteiger charge is -2.30. The molecule has 0 bridgehead atoms. The fraction of sp³-hybridized carbons (Fsp3) is 0.222. The molecule has 1 aliphatic heterocycles. The Morgan fingerprint density at radius 3 is 2.73 bits per heavy atom. The zero-order valence-corrected chi connectivity index (χ0v) is 15.5. The summed E-state index contributed by atoms with van der Waals surface area (Å²) in [7, 11) is 1.31. The molecule has 1 heterocycles. The van der Waals surface area contributed by atoms with Gasteiger partial charge in [0.15, 0.2) is 0 Å². The van der Waals surface area contributed by atoms with Gasteiger partial charge in [0, 0.05) is 23.9 Å². The Morgan fingerprint density at radius 2 is 2.04 bits per heavy atom. The topological polar surface area (TPSA) is 89.8 Å². The van der Waals surface area contributed by atoms with Crippen LogP contribution in [0.5, 0.6) is 0 Å². The second-order valence-electron chi connectivity index (χ2n) is 5.78. The van der Waals surface area contributed by atoms with Gasteiger partial charge in [0.05, 0.1) is 22.1 Å². The highest BCUT2D eigenvalue weighted by molar-refractivity contribution is 9.10. The monoisotopic (exact) mass is 418 g/mol. The van der Waals surface area contributed by atoms with Crippen LogP contribution in [0, 0.1) is 10.1 Å². The van der Waals surface area contributed by atoms with Crippen molar-refractivity contribution in [2.75, 3.05) is 18.6 Å². The Kier molecular flexibility index (Phi) is 5.03. The van der Waals surface area contributed by atoms with Gasteiger partial charge in [-0.05, 0) is 58.6 Å². The molecule has 0 aliphatic carbocycles. The van der Waals surface area contributed by atoms with Crippen LogP contribution in [0.15, 0.2) is 40.9 Å². The lowest BCUT2D eigenvalue weighted by Crippen LogP contribution is -2.36. The fourth-order valence-electron chi connectivity index (χ4n) is 3.08. The lowest BCUT2D eigenvalue weighted by atomic mass is 9.95. The summed E-state index contributed by atoms with van der Waals surface area (Å²) in [6, 6.07) is 9.42. The molecule has 7 nitrogen and oxygen atoms in total. The average molecular weight is 419 g/mol. The van der Waals surface area contributed by atoms with E-state index >= 15 is 0 Å². The predicted octanol–water partition coefficient (Wildman–Crippen LogP) is 3.74. The number of fused-ring (bicyclic) bond motifs is 1. The number of halogens is 1. The molecule has 0 unspecified atom stereocenters. The molecule has 0 radical (unpaired) electrons. The molecule has 0 aromatic heterocycles. The maximum absolute atomic E-state index is 13.0. The number of nitro groups is 1. The van der Waals surface area contributed by atoms with Crippen LogP contribution >= 0.6 is 15.9 Å². The Bertz CT molecular complexity index is 912. The first-order valence-corrected chi connectivity index (χ1v) is 8.69. The van der Waals surface area contributed by atoms with E-state index in [1.807, 2.05) is 0 Å². The van der Waals surface area contributed by atoms with Gasteiger partial charge in [0.1, 0.15) is 0 Å². The van der Waals surface area contributed by atoms with Crippen LogP contribution in [-0.4, -0.2) is 30.5 Å². The first-order valence-electron chi connectivity index (χ1n) is 7.90. The van der Waals surface area contributed by atoms with Crippen LogP contribution < -0.4 is 4.90 Å². The molecule has 0 saturated carbocycles. The summed E-state index contributed by atoms with van der Waals surface area (Å²) in [4.78, 5) is 37.1. The van der Waals surface area contributed by atoms with Crippen molar-refractivity contribution in [3.63, 3.8) is 0 Å². The van der Waals surface area contributed by atoms with Gasteiger partial charge in [-0.3, -0.25) is 14.9 Å². The number of ether oxygens (including phenoxy) is 1. The van der Waals surface area contributed by atoms with E-state index in [1.165, 1.54) is 25.3 Å². The molecule has 0 N–H and O–H groups in total. The van der Waals surface area contributed by atoms with Gasteiger partial charge < -0.3 is 9.64 Å².